The van der Waals surface area contributed by atoms with Crippen LogP contribution in [-0.2, 0) is 14.3 Å². The first-order chi connectivity index (χ1) is 12.6. The highest BCUT2D eigenvalue weighted by Crippen LogP contribution is 2.20. The number of ether oxygens (including phenoxy) is 2. The average Bonchev–Trinajstić information content (AvgIpc) is 2.64. The van der Waals surface area contributed by atoms with E-state index in [-0.39, 0.29) is 18.9 Å². The number of carbonyl (C=O) groups is 2. The lowest BCUT2D eigenvalue weighted by molar-refractivity contribution is -0.123. The predicted octanol–water partition coefficient (Wildman–Crippen LogP) is 1.86. The zero-order chi connectivity index (χ0) is 18.8. The zero-order valence-electron chi connectivity index (χ0n) is 15.0. The number of rotatable bonds is 9. The highest BCUT2D eigenvalue weighted by Gasteiger charge is 2.05. The molecule has 0 fully saturated rings. The van der Waals surface area contributed by atoms with Crippen LogP contribution in [-0.4, -0.2) is 44.4 Å². The summed E-state index contributed by atoms with van der Waals surface area (Å²) in [6, 6.07) is 13.5. The van der Waals surface area contributed by atoms with Crippen LogP contribution in [0.4, 0.5) is 0 Å². The minimum absolute atomic E-state index is 0.107. The number of nitrogens with zero attached hydrogens (tertiary/aromatic N) is 1. The molecule has 2 aromatic rings. The van der Waals surface area contributed by atoms with Crippen molar-refractivity contribution in [2.24, 2.45) is 5.10 Å². The van der Waals surface area contributed by atoms with Gasteiger partial charge in [-0.15, -0.1) is 0 Å². The molecule has 0 heterocycles. The minimum Gasteiger partial charge on any atom is -0.484 e. The van der Waals surface area contributed by atoms with E-state index in [1.807, 2.05) is 42.5 Å². The lowest BCUT2D eigenvalue weighted by Crippen LogP contribution is -2.30. The van der Waals surface area contributed by atoms with Gasteiger partial charge in [-0.25, -0.2) is 5.43 Å². The van der Waals surface area contributed by atoms with Crippen LogP contribution in [0.25, 0.3) is 10.8 Å². The van der Waals surface area contributed by atoms with Crippen molar-refractivity contribution >= 4 is 28.3 Å². The Kier molecular flexibility index (Phi) is 7.57. The molecule has 0 radical (unpaired) electrons. The number of amides is 2. The van der Waals surface area contributed by atoms with Gasteiger partial charge in [-0.05, 0) is 29.8 Å². The molecule has 0 aliphatic carbocycles. The summed E-state index contributed by atoms with van der Waals surface area (Å²) in [4.78, 5) is 23.4. The van der Waals surface area contributed by atoms with Gasteiger partial charge in [0.1, 0.15) is 5.75 Å². The maximum atomic E-state index is 11.8. The van der Waals surface area contributed by atoms with Gasteiger partial charge >= 0.3 is 0 Å². The summed E-state index contributed by atoms with van der Waals surface area (Å²) in [5, 5.41) is 8.73. The Morgan fingerprint density at radius 2 is 1.85 bits per heavy atom. The molecule has 2 amide bonds. The Hall–Kier alpha value is -2.93. The van der Waals surface area contributed by atoms with Crippen molar-refractivity contribution < 1.29 is 19.1 Å². The van der Waals surface area contributed by atoms with Crippen LogP contribution < -0.4 is 15.5 Å². The SMILES string of the molecule is COCCNC(=O)CC(C)=NNC(=O)COc1ccc2ccccc2c1. The van der Waals surface area contributed by atoms with E-state index >= 15 is 0 Å². The average molecular weight is 357 g/mol. The third kappa shape index (κ3) is 6.52. The van der Waals surface area contributed by atoms with Crippen LogP contribution in [0.3, 0.4) is 0 Å². The summed E-state index contributed by atoms with van der Waals surface area (Å²) in [6.07, 6.45) is 0.107. The van der Waals surface area contributed by atoms with E-state index < -0.39 is 5.91 Å². The molecular formula is C19H23N3O4. The summed E-state index contributed by atoms with van der Waals surface area (Å²) in [5.41, 5.74) is 2.88. The van der Waals surface area contributed by atoms with E-state index in [9.17, 15) is 9.59 Å². The van der Waals surface area contributed by atoms with Crippen LogP contribution in [0.15, 0.2) is 47.6 Å². The van der Waals surface area contributed by atoms with E-state index in [4.69, 9.17) is 9.47 Å². The normalized spacial score (nSPS) is 11.2. The minimum atomic E-state index is -0.391. The largest absolute Gasteiger partial charge is 0.484 e. The molecule has 7 heteroatoms. The Labute approximate surface area is 152 Å². The second kappa shape index (κ2) is 10.1. The van der Waals surface area contributed by atoms with Crippen molar-refractivity contribution in [1.82, 2.24) is 10.7 Å². The lowest BCUT2D eigenvalue weighted by atomic mass is 10.1. The first-order valence-corrected chi connectivity index (χ1v) is 8.27. The highest BCUT2D eigenvalue weighted by molar-refractivity contribution is 6.00. The summed E-state index contributed by atoms with van der Waals surface area (Å²) in [6.45, 7) is 2.40. The van der Waals surface area contributed by atoms with Gasteiger partial charge in [-0.2, -0.15) is 5.10 Å². The molecule has 26 heavy (non-hydrogen) atoms. The number of benzene rings is 2. The molecule has 0 saturated carbocycles. The number of hydrogen-bond donors (Lipinski definition) is 2. The summed E-state index contributed by atoms with van der Waals surface area (Å²) < 4.78 is 10.3. The standard InChI is InChI=1S/C19H23N3O4/c1-14(11-18(23)20-9-10-25-2)21-22-19(24)13-26-17-8-7-15-5-3-4-6-16(15)12-17/h3-8,12H,9-11,13H2,1-2H3,(H,20,23)(H,22,24). The van der Waals surface area contributed by atoms with E-state index in [1.54, 1.807) is 14.0 Å². The van der Waals surface area contributed by atoms with Gasteiger partial charge in [0.2, 0.25) is 5.91 Å². The Morgan fingerprint density at radius 1 is 1.08 bits per heavy atom. The molecule has 0 saturated heterocycles. The lowest BCUT2D eigenvalue weighted by Gasteiger charge is -2.07. The molecule has 2 rings (SSSR count). The Balaban J connectivity index is 1.75. The maximum Gasteiger partial charge on any atom is 0.277 e. The van der Waals surface area contributed by atoms with Crippen LogP contribution in [0.5, 0.6) is 5.75 Å². The summed E-state index contributed by atoms with van der Waals surface area (Å²) in [7, 11) is 1.56. The number of hydrogen-bond acceptors (Lipinski definition) is 5. The molecule has 2 N–H and O–H groups in total. The Bertz CT molecular complexity index is 789. The van der Waals surface area contributed by atoms with Crippen molar-refractivity contribution in [3.8, 4) is 5.75 Å². The molecule has 0 aromatic heterocycles. The van der Waals surface area contributed by atoms with Crippen LogP contribution in [0.2, 0.25) is 0 Å². The van der Waals surface area contributed by atoms with Gasteiger partial charge in [-0.3, -0.25) is 9.59 Å². The fourth-order valence-electron chi connectivity index (χ4n) is 2.22. The molecule has 0 spiro atoms. The molecule has 0 aliphatic rings. The van der Waals surface area contributed by atoms with E-state index in [1.165, 1.54) is 0 Å². The number of methoxy groups -OCH3 is 1. The molecule has 0 unspecified atom stereocenters. The number of carbonyl (C=O) groups excluding carboxylic acids is 2. The maximum absolute atomic E-state index is 11.8. The zero-order valence-corrected chi connectivity index (χ0v) is 15.0. The molecule has 2 aromatic carbocycles. The van der Waals surface area contributed by atoms with Gasteiger partial charge in [-0.1, -0.05) is 30.3 Å². The first kappa shape index (κ1) is 19.4. The number of nitrogens with one attached hydrogen (secondary N) is 2. The molecule has 0 atom stereocenters. The second-order valence-electron chi connectivity index (χ2n) is 5.70. The molecule has 138 valence electrons. The first-order valence-electron chi connectivity index (χ1n) is 8.27. The summed E-state index contributed by atoms with van der Waals surface area (Å²) >= 11 is 0. The van der Waals surface area contributed by atoms with Gasteiger partial charge in [0.25, 0.3) is 5.91 Å². The monoisotopic (exact) mass is 357 g/mol. The van der Waals surface area contributed by atoms with E-state index in [0.717, 1.165) is 10.8 Å². The highest BCUT2D eigenvalue weighted by atomic mass is 16.5. The third-order valence-corrected chi connectivity index (χ3v) is 3.51. The van der Waals surface area contributed by atoms with Crippen molar-refractivity contribution in [3.63, 3.8) is 0 Å². The summed E-state index contributed by atoms with van der Waals surface area (Å²) in [5.74, 6) is 0.0411. The fourth-order valence-corrected chi connectivity index (χ4v) is 2.22. The van der Waals surface area contributed by atoms with Gasteiger partial charge < -0.3 is 14.8 Å². The quantitative estimate of drug-likeness (QED) is 0.407. The van der Waals surface area contributed by atoms with Gasteiger partial charge in [0.05, 0.1) is 13.0 Å². The predicted molar refractivity (Wildman–Crippen MR) is 100 cm³/mol. The number of hydrazone groups is 1. The van der Waals surface area contributed by atoms with Crippen molar-refractivity contribution in [3.05, 3.63) is 42.5 Å². The van der Waals surface area contributed by atoms with Gasteiger partial charge in [0, 0.05) is 19.4 Å². The van der Waals surface area contributed by atoms with Crippen LogP contribution in [0, 0.1) is 0 Å². The molecule has 0 aliphatic heterocycles. The van der Waals surface area contributed by atoms with Crippen molar-refractivity contribution in [2.75, 3.05) is 26.9 Å². The second-order valence-corrected chi connectivity index (χ2v) is 5.70. The fraction of sp³-hybridized carbons (Fsp3) is 0.316. The van der Waals surface area contributed by atoms with Gasteiger partial charge in [0.15, 0.2) is 6.61 Å². The van der Waals surface area contributed by atoms with E-state index in [2.05, 4.69) is 15.8 Å². The van der Waals surface area contributed by atoms with E-state index in [0.29, 0.717) is 24.6 Å². The van der Waals surface area contributed by atoms with Crippen LogP contribution >= 0.6 is 0 Å². The van der Waals surface area contributed by atoms with Crippen molar-refractivity contribution in [1.29, 1.82) is 0 Å². The Morgan fingerprint density at radius 3 is 2.62 bits per heavy atom. The number of fused-ring (bicyclic) bond motifs is 1. The van der Waals surface area contributed by atoms with Crippen LogP contribution in [0.1, 0.15) is 13.3 Å². The topological polar surface area (TPSA) is 89.0 Å². The molecule has 0 bridgehead atoms. The molecular weight excluding hydrogens is 334 g/mol. The van der Waals surface area contributed by atoms with Crippen molar-refractivity contribution in [2.45, 2.75) is 13.3 Å². The third-order valence-electron chi connectivity index (χ3n) is 3.51. The molecule has 7 nitrogen and oxygen atoms in total. The smallest absolute Gasteiger partial charge is 0.277 e.